The first kappa shape index (κ1) is 36.0. The number of carbonyl (C=O) groups excluding carboxylic acids is 2. The minimum atomic E-state index is -4.89. The molecule has 2 N–H and O–H groups in total. The summed E-state index contributed by atoms with van der Waals surface area (Å²) in [7, 11) is 3.29. The van der Waals surface area contributed by atoms with Crippen molar-refractivity contribution in [1.29, 1.82) is 0 Å². The number of rotatable bonds is 8. The lowest BCUT2D eigenvalue weighted by Crippen LogP contribution is -2.48. The van der Waals surface area contributed by atoms with E-state index in [2.05, 4.69) is 36.4 Å². The van der Waals surface area contributed by atoms with E-state index in [0.29, 0.717) is 39.1 Å². The number of aryl methyl sites for hydroxylation is 1. The van der Waals surface area contributed by atoms with Gasteiger partial charge in [-0.15, -0.1) is 11.3 Å². The highest BCUT2D eigenvalue weighted by Crippen LogP contribution is 2.50. The van der Waals surface area contributed by atoms with Crippen LogP contribution in [0.5, 0.6) is 5.75 Å². The largest absolute Gasteiger partial charge is 0.496 e. The fourth-order valence-corrected chi connectivity index (χ4v) is 9.19. The lowest BCUT2D eigenvalue weighted by atomic mass is 9.73. The molecule has 1 aromatic heterocycles. The summed E-state index contributed by atoms with van der Waals surface area (Å²) in [4.78, 5) is 31.2. The van der Waals surface area contributed by atoms with Crippen molar-refractivity contribution in [2.45, 2.75) is 78.4 Å². The van der Waals surface area contributed by atoms with Crippen molar-refractivity contribution in [3.05, 3.63) is 52.3 Å². The highest BCUT2D eigenvalue weighted by Gasteiger charge is 2.51. The molecule has 262 valence electrons. The highest BCUT2D eigenvalue weighted by molar-refractivity contribution is 7.19. The molecule has 0 spiro atoms. The van der Waals surface area contributed by atoms with Crippen molar-refractivity contribution in [2.75, 3.05) is 26.1 Å². The van der Waals surface area contributed by atoms with Gasteiger partial charge in [0.1, 0.15) is 17.1 Å². The van der Waals surface area contributed by atoms with Crippen LogP contribution in [0.25, 0.3) is 10.2 Å². The standard InChI is InChI=1S/C25H23F4N3O3S.C11H22O/c1-11-30-17-7-8-18(35-2)20(22(17)36-11)24(34)32-21-13-4-3-12(9-13)19(21)23(33)31-14-5-6-16(26)15(10-14)25(27,28)29;1-5-11(3)9(2)6-7-10(11)8-12-4/h5-8,10,12-13,19,21H,3-4,9H2,1-2H3,(H,31,33)(H,32,34);9-10H,5-8H2,1-4H3/t12-,13?,19?,21?;/m1./s1. The number of nitrogens with zero attached hydrogens (tertiary/aromatic N) is 1. The van der Waals surface area contributed by atoms with E-state index in [4.69, 9.17) is 9.47 Å². The molecular formula is C36H45F4N3O4S. The van der Waals surface area contributed by atoms with E-state index in [-0.39, 0.29) is 17.5 Å². The molecule has 12 heteroatoms. The molecule has 3 aromatic rings. The van der Waals surface area contributed by atoms with Crippen LogP contribution < -0.4 is 15.4 Å². The molecule has 6 rings (SSSR count). The normalized spacial score (nSPS) is 27.9. The van der Waals surface area contributed by atoms with E-state index in [1.54, 1.807) is 12.1 Å². The summed E-state index contributed by atoms with van der Waals surface area (Å²) in [6.45, 7) is 9.92. The Hall–Kier alpha value is -3.25. The molecule has 3 aliphatic carbocycles. The Kier molecular flexibility index (Phi) is 10.7. The van der Waals surface area contributed by atoms with Gasteiger partial charge in [0.15, 0.2) is 0 Å². The summed E-state index contributed by atoms with van der Waals surface area (Å²) >= 11 is 1.37. The molecule has 48 heavy (non-hydrogen) atoms. The molecule has 0 radical (unpaired) electrons. The average molecular weight is 692 g/mol. The molecule has 6 unspecified atom stereocenters. The van der Waals surface area contributed by atoms with Crippen molar-refractivity contribution >= 4 is 39.1 Å². The topological polar surface area (TPSA) is 89.6 Å². The number of halogens is 4. The molecule has 2 aromatic carbocycles. The van der Waals surface area contributed by atoms with Crippen molar-refractivity contribution in [3.63, 3.8) is 0 Å². The van der Waals surface area contributed by atoms with Crippen LogP contribution in [0.3, 0.4) is 0 Å². The maximum absolute atomic E-state index is 13.7. The number of fused-ring (bicyclic) bond motifs is 3. The number of alkyl halides is 3. The number of carbonyl (C=O) groups is 2. The van der Waals surface area contributed by atoms with Crippen LogP contribution in [-0.4, -0.2) is 43.7 Å². The first-order valence-corrected chi connectivity index (χ1v) is 17.4. The van der Waals surface area contributed by atoms with E-state index in [1.165, 1.54) is 37.7 Å². The number of benzene rings is 2. The Bertz CT molecular complexity index is 1640. The van der Waals surface area contributed by atoms with Gasteiger partial charge in [0.2, 0.25) is 5.91 Å². The maximum atomic E-state index is 13.7. The second-order valence-electron chi connectivity index (χ2n) is 13.8. The van der Waals surface area contributed by atoms with E-state index in [1.807, 2.05) is 14.0 Å². The number of nitrogens with one attached hydrogen (secondary N) is 2. The van der Waals surface area contributed by atoms with Gasteiger partial charge in [-0.2, -0.15) is 13.2 Å². The Morgan fingerprint density at radius 1 is 1.08 bits per heavy atom. The van der Waals surface area contributed by atoms with Gasteiger partial charge in [-0.1, -0.05) is 27.2 Å². The quantitative estimate of drug-likeness (QED) is 0.231. The van der Waals surface area contributed by atoms with Crippen molar-refractivity contribution < 1.29 is 36.6 Å². The van der Waals surface area contributed by atoms with Crippen LogP contribution in [0.4, 0.5) is 23.2 Å². The number of aromatic nitrogens is 1. The predicted molar refractivity (Wildman–Crippen MR) is 179 cm³/mol. The van der Waals surface area contributed by atoms with Gasteiger partial charge in [0.05, 0.1) is 33.8 Å². The Morgan fingerprint density at radius 3 is 2.48 bits per heavy atom. The predicted octanol–water partition coefficient (Wildman–Crippen LogP) is 8.65. The zero-order valence-electron chi connectivity index (χ0n) is 28.3. The number of methoxy groups -OCH3 is 2. The van der Waals surface area contributed by atoms with Gasteiger partial charge in [0, 0.05) is 25.4 Å². The average Bonchev–Trinajstić information content (AvgIpc) is 3.81. The van der Waals surface area contributed by atoms with Crippen LogP contribution >= 0.6 is 11.3 Å². The van der Waals surface area contributed by atoms with E-state index >= 15 is 0 Å². The van der Waals surface area contributed by atoms with Gasteiger partial charge < -0.3 is 20.1 Å². The summed E-state index contributed by atoms with van der Waals surface area (Å²) in [5.74, 6) is -0.798. The second kappa shape index (κ2) is 14.3. The third-order valence-electron chi connectivity index (χ3n) is 11.3. The minimum Gasteiger partial charge on any atom is -0.496 e. The zero-order chi connectivity index (χ0) is 35.0. The number of hydrogen-bond acceptors (Lipinski definition) is 6. The molecule has 7 atom stereocenters. The fourth-order valence-electron chi connectivity index (χ4n) is 8.24. The minimum absolute atomic E-state index is 0.00817. The van der Waals surface area contributed by atoms with Crippen molar-refractivity contribution in [1.82, 2.24) is 10.3 Å². The third-order valence-corrected chi connectivity index (χ3v) is 12.3. The van der Waals surface area contributed by atoms with Crippen LogP contribution in [0.2, 0.25) is 0 Å². The number of hydrogen-bond donors (Lipinski definition) is 2. The van der Waals surface area contributed by atoms with Crippen molar-refractivity contribution in [3.8, 4) is 5.75 Å². The van der Waals surface area contributed by atoms with Crippen LogP contribution in [0, 0.1) is 47.7 Å². The first-order chi connectivity index (χ1) is 22.7. The zero-order valence-corrected chi connectivity index (χ0v) is 29.1. The molecule has 3 fully saturated rings. The van der Waals surface area contributed by atoms with Crippen LogP contribution in [0.15, 0.2) is 30.3 Å². The van der Waals surface area contributed by atoms with E-state index in [0.717, 1.165) is 48.8 Å². The summed E-state index contributed by atoms with van der Waals surface area (Å²) < 4.78 is 64.4. The Balaban J connectivity index is 0.000000318. The van der Waals surface area contributed by atoms with Gasteiger partial charge in [-0.3, -0.25) is 9.59 Å². The summed E-state index contributed by atoms with van der Waals surface area (Å²) in [5, 5.41) is 6.33. The molecule has 2 amide bonds. The van der Waals surface area contributed by atoms with Crippen molar-refractivity contribution in [2.24, 2.45) is 35.0 Å². The fraction of sp³-hybridized carbons (Fsp3) is 0.583. The molecule has 0 saturated heterocycles. The van der Waals surface area contributed by atoms with Gasteiger partial charge in [0.25, 0.3) is 5.91 Å². The number of amides is 2. The maximum Gasteiger partial charge on any atom is 0.419 e. The van der Waals surface area contributed by atoms with Gasteiger partial charge in [-0.05, 0) is 98.4 Å². The van der Waals surface area contributed by atoms with E-state index in [9.17, 15) is 27.2 Å². The summed E-state index contributed by atoms with van der Waals surface area (Å²) in [6.07, 6.45) is 1.53. The third kappa shape index (κ3) is 7.06. The number of ether oxygens (including phenoxy) is 2. The van der Waals surface area contributed by atoms with Crippen LogP contribution in [0.1, 0.15) is 80.2 Å². The second-order valence-corrected chi connectivity index (χ2v) is 15.0. The lowest BCUT2D eigenvalue weighted by molar-refractivity contribution is -0.140. The number of thiazole rings is 1. The summed E-state index contributed by atoms with van der Waals surface area (Å²) in [6, 6.07) is 5.33. The molecule has 3 aliphatic rings. The lowest BCUT2D eigenvalue weighted by Gasteiger charge is -2.34. The monoisotopic (exact) mass is 691 g/mol. The van der Waals surface area contributed by atoms with Gasteiger partial charge >= 0.3 is 6.18 Å². The molecule has 7 nitrogen and oxygen atoms in total. The Morgan fingerprint density at radius 2 is 1.81 bits per heavy atom. The molecule has 1 heterocycles. The summed E-state index contributed by atoms with van der Waals surface area (Å²) in [5.41, 5.74) is -0.0413. The smallest absolute Gasteiger partial charge is 0.419 e. The molecular weight excluding hydrogens is 646 g/mol. The van der Waals surface area contributed by atoms with Crippen LogP contribution in [-0.2, 0) is 15.7 Å². The Labute approximate surface area is 283 Å². The molecule has 3 saturated carbocycles. The SMILES string of the molecule is CCC1(C)C(C)CCC1COC.COc1ccc2nc(C)sc2c1C(=O)NC1C2CC[C@H](C2)C1C(=O)Nc1ccc(F)c(C(F)(F)F)c1. The highest BCUT2D eigenvalue weighted by atomic mass is 32.1. The van der Waals surface area contributed by atoms with E-state index < -0.39 is 41.3 Å². The molecule has 0 aliphatic heterocycles. The van der Waals surface area contributed by atoms with Gasteiger partial charge in [-0.25, -0.2) is 9.37 Å². The molecule has 2 bridgehead atoms. The number of anilines is 1. The first-order valence-electron chi connectivity index (χ1n) is 16.6.